The second kappa shape index (κ2) is 8.03. The lowest BCUT2D eigenvalue weighted by atomic mass is 10.0. The minimum Gasteiger partial charge on any atom is -0.548 e. The third-order valence-corrected chi connectivity index (χ3v) is 4.38. The summed E-state index contributed by atoms with van der Waals surface area (Å²) in [5.74, 6) is -1.50. The second-order valence-electron chi connectivity index (χ2n) is 6.22. The van der Waals surface area contributed by atoms with Gasteiger partial charge in [0.15, 0.2) is 6.61 Å². The first-order valence-corrected chi connectivity index (χ1v) is 8.42. The van der Waals surface area contributed by atoms with Gasteiger partial charge in [0, 0.05) is 16.5 Å². The van der Waals surface area contributed by atoms with Gasteiger partial charge in [0.1, 0.15) is 11.3 Å². The van der Waals surface area contributed by atoms with Crippen molar-refractivity contribution in [3.63, 3.8) is 0 Å². The van der Waals surface area contributed by atoms with Crippen molar-refractivity contribution in [2.24, 2.45) is 0 Å². The number of carboxylic acid groups (broad SMARTS) is 1. The van der Waals surface area contributed by atoms with Crippen molar-refractivity contribution in [1.29, 1.82) is 0 Å². The molecule has 1 atom stereocenters. The molecule has 7 heteroatoms. The number of hydrogen-bond acceptors (Lipinski definition) is 6. The summed E-state index contributed by atoms with van der Waals surface area (Å²) in [5.41, 5.74) is 1.98. The topological polar surface area (TPSA) is 109 Å². The molecule has 0 saturated carbocycles. The summed E-state index contributed by atoms with van der Waals surface area (Å²) in [5, 5.41) is 14.2. The number of aryl methyl sites for hydroxylation is 2. The van der Waals surface area contributed by atoms with Crippen LogP contribution in [-0.2, 0) is 9.59 Å². The molecule has 0 aliphatic heterocycles. The van der Waals surface area contributed by atoms with Gasteiger partial charge in [-0.3, -0.25) is 4.79 Å². The first kappa shape index (κ1) is 19.5. The summed E-state index contributed by atoms with van der Waals surface area (Å²) in [6.07, 6.45) is 0.883. The van der Waals surface area contributed by atoms with E-state index < -0.39 is 23.5 Å². The summed E-state index contributed by atoms with van der Waals surface area (Å²) in [7, 11) is 0. The predicted octanol–water partition coefficient (Wildman–Crippen LogP) is 1.13. The van der Waals surface area contributed by atoms with Crippen molar-refractivity contribution in [2.45, 2.75) is 46.6 Å². The molecule has 0 aliphatic rings. The Bertz CT molecular complexity index is 899. The van der Waals surface area contributed by atoms with E-state index in [1.165, 1.54) is 0 Å². The molecular formula is C19H22NO6-. The molecule has 0 saturated heterocycles. The van der Waals surface area contributed by atoms with Gasteiger partial charge < -0.3 is 24.4 Å². The number of carbonyl (C=O) groups is 2. The summed E-state index contributed by atoms with van der Waals surface area (Å²) < 4.78 is 10.8. The maximum absolute atomic E-state index is 11.9. The van der Waals surface area contributed by atoms with Gasteiger partial charge in [0.05, 0.1) is 12.0 Å². The highest BCUT2D eigenvalue weighted by Gasteiger charge is 2.16. The van der Waals surface area contributed by atoms with Crippen LogP contribution in [0.5, 0.6) is 5.75 Å². The number of nitrogens with one attached hydrogen (secondary N) is 1. The Kier molecular flexibility index (Phi) is 6.02. The van der Waals surface area contributed by atoms with E-state index in [9.17, 15) is 19.5 Å². The summed E-state index contributed by atoms with van der Waals surface area (Å²) in [4.78, 5) is 34.8. The summed E-state index contributed by atoms with van der Waals surface area (Å²) in [6, 6.07) is 2.42. The van der Waals surface area contributed by atoms with E-state index in [0.717, 1.165) is 10.9 Å². The van der Waals surface area contributed by atoms with Crippen LogP contribution >= 0.6 is 0 Å². The molecule has 1 aromatic carbocycles. The minimum atomic E-state index is -1.32. The maximum Gasteiger partial charge on any atom is 0.339 e. The van der Waals surface area contributed by atoms with Gasteiger partial charge in [-0.1, -0.05) is 13.3 Å². The van der Waals surface area contributed by atoms with E-state index >= 15 is 0 Å². The molecular weight excluding hydrogens is 338 g/mol. The van der Waals surface area contributed by atoms with Gasteiger partial charge in [-0.05, 0) is 44.9 Å². The third kappa shape index (κ3) is 4.04. The number of amides is 1. The van der Waals surface area contributed by atoms with Gasteiger partial charge in [0.2, 0.25) is 0 Å². The van der Waals surface area contributed by atoms with E-state index in [2.05, 4.69) is 5.32 Å². The van der Waals surface area contributed by atoms with Crippen LogP contribution in [0.4, 0.5) is 0 Å². The normalized spacial score (nSPS) is 12.0. The molecule has 2 rings (SSSR count). The minimum absolute atomic E-state index is 0.285. The maximum atomic E-state index is 11.9. The summed E-state index contributed by atoms with van der Waals surface area (Å²) in [6.45, 7) is 6.74. The van der Waals surface area contributed by atoms with Crippen LogP contribution < -0.4 is 20.8 Å². The van der Waals surface area contributed by atoms with Crippen LogP contribution in [0.3, 0.4) is 0 Å². The zero-order valence-electron chi connectivity index (χ0n) is 15.3. The Hall–Kier alpha value is -2.83. The Balaban J connectivity index is 2.18. The lowest BCUT2D eigenvalue weighted by Gasteiger charge is -2.19. The molecule has 26 heavy (non-hydrogen) atoms. The fourth-order valence-electron chi connectivity index (χ4n) is 2.70. The SMILES string of the molecule is CCC[C@@H](NC(=O)COc1ccc2c(C)c(C)c(=O)oc2c1C)C(=O)[O-]. The van der Waals surface area contributed by atoms with Crippen molar-refractivity contribution in [3.05, 3.63) is 39.2 Å². The van der Waals surface area contributed by atoms with E-state index in [1.807, 2.05) is 13.8 Å². The molecule has 1 N–H and O–H groups in total. The van der Waals surface area contributed by atoms with E-state index in [0.29, 0.717) is 28.9 Å². The molecule has 0 spiro atoms. The fraction of sp³-hybridized carbons (Fsp3) is 0.421. The van der Waals surface area contributed by atoms with Crippen LogP contribution in [0.25, 0.3) is 11.0 Å². The van der Waals surface area contributed by atoms with Gasteiger partial charge in [-0.15, -0.1) is 0 Å². The van der Waals surface area contributed by atoms with Crippen LogP contribution in [0.2, 0.25) is 0 Å². The molecule has 140 valence electrons. The van der Waals surface area contributed by atoms with E-state index in [-0.39, 0.29) is 13.0 Å². The number of aliphatic carboxylic acids is 1. The van der Waals surface area contributed by atoms with Gasteiger partial charge >= 0.3 is 5.63 Å². The van der Waals surface area contributed by atoms with Gasteiger partial charge in [-0.2, -0.15) is 0 Å². The Morgan fingerprint density at radius 3 is 2.50 bits per heavy atom. The Morgan fingerprint density at radius 2 is 1.88 bits per heavy atom. The zero-order chi connectivity index (χ0) is 19.4. The number of benzene rings is 1. The van der Waals surface area contributed by atoms with E-state index in [4.69, 9.17) is 9.15 Å². The molecule has 7 nitrogen and oxygen atoms in total. The smallest absolute Gasteiger partial charge is 0.339 e. The lowest BCUT2D eigenvalue weighted by Crippen LogP contribution is -2.49. The highest BCUT2D eigenvalue weighted by Crippen LogP contribution is 2.29. The first-order chi connectivity index (χ1) is 12.3. The van der Waals surface area contributed by atoms with Gasteiger partial charge in [-0.25, -0.2) is 4.79 Å². The quantitative estimate of drug-likeness (QED) is 0.742. The average Bonchev–Trinajstić information content (AvgIpc) is 2.59. The van der Waals surface area contributed by atoms with Crippen LogP contribution in [-0.4, -0.2) is 24.5 Å². The Labute approximate surface area is 151 Å². The molecule has 2 aromatic rings. The molecule has 0 unspecified atom stereocenters. The number of carbonyl (C=O) groups excluding carboxylic acids is 2. The lowest BCUT2D eigenvalue weighted by molar-refractivity contribution is -0.308. The number of ether oxygens (including phenoxy) is 1. The van der Waals surface area contributed by atoms with Crippen molar-refractivity contribution >= 4 is 22.8 Å². The number of hydrogen-bond donors (Lipinski definition) is 1. The molecule has 0 fully saturated rings. The van der Waals surface area contributed by atoms with Crippen molar-refractivity contribution < 1.29 is 23.8 Å². The fourth-order valence-corrected chi connectivity index (χ4v) is 2.70. The second-order valence-corrected chi connectivity index (χ2v) is 6.22. The first-order valence-electron chi connectivity index (χ1n) is 8.42. The molecule has 1 aromatic heterocycles. The number of rotatable bonds is 7. The highest BCUT2D eigenvalue weighted by atomic mass is 16.5. The predicted molar refractivity (Wildman–Crippen MR) is 94.0 cm³/mol. The van der Waals surface area contributed by atoms with Crippen LogP contribution in [0, 0.1) is 20.8 Å². The van der Waals surface area contributed by atoms with Crippen LogP contribution in [0.15, 0.2) is 21.3 Å². The molecule has 1 amide bonds. The van der Waals surface area contributed by atoms with Gasteiger partial charge in [0.25, 0.3) is 5.91 Å². The third-order valence-electron chi connectivity index (χ3n) is 4.38. The van der Waals surface area contributed by atoms with Crippen LogP contribution in [0.1, 0.15) is 36.5 Å². The highest BCUT2D eigenvalue weighted by molar-refractivity contribution is 5.86. The average molecular weight is 360 g/mol. The zero-order valence-corrected chi connectivity index (χ0v) is 15.3. The van der Waals surface area contributed by atoms with Crippen molar-refractivity contribution in [3.8, 4) is 5.75 Å². The standard InChI is InChI=1S/C19H23NO6/c1-5-6-14(18(22)23)20-16(21)9-25-15-8-7-13-10(2)11(3)19(24)26-17(13)12(15)4/h7-8,14H,5-6,9H2,1-4H3,(H,20,21)(H,22,23)/p-1/t14-/m1/s1. The molecule has 0 bridgehead atoms. The monoisotopic (exact) mass is 360 g/mol. The molecule has 1 heterocycles. The summed E-state index contributed by atoms with van der Waals surface area (Å²) >= 11 is 0. The number of fused-ring (bicyclic) bond motifs is 1. The molecule has 0 radical (unpaired) electrons. The number of carboxylic acids is 1. The Morgan fingerprint density at radius 1 is 1.19 bits per heavy atom. The van der Waals surface area contributed by atoms with Crippen molar-refractivity contribution in [2.75, 3.05) is 6.61 Å². The largest absolute Gasteiger partial charge is 0.548 e. The van der Waals surface area contributed by atoms with E-state index in [1.54, 1.807) is 26.0 Å². The van der Waals surface area contributed by atoms with Crippen molar-refractivity contribution in [1.82, 2.24) is 5.32 Å². The molecule has 0 aliphatic carbocycles.